The predicted molar refractivity (Wildman–Crippen MR) is 355 cm³/mol. The molecule has 0 aliphatic rings. The van der Waals surface area contributed by atoms with Crippen LogP contribution in [0.25, 0.3) is 0 Å². The molecule has 0 heterocycles. The van der Waals surface area contributed by atoms with E-state index in [4.69, 9.17) is 18.9 Å². The maximum Gasteiger partial charge on any atom is 0.361 e. The smallest absolute Gasteiger partial charge is 0.361 e. The van der Waals surface area contributed by atoms with E-state index in [2.05, 4.69) is 50.3 Å². The molecule has 0 radical (unpaired) electrons. The summed E-state index contributed by atoms with van der Waals surface area (Å²) in [5.41, 5.74) is 0. The maximum absolute atomic E-state index is 13.0. The van der Waals surface area contributed by atoms with Crippen LogP contribution in [0.15, 0.2) is 36.5 Å². The number of carboxylic acids is 1. The van der Waals surface area contributed by atoms with Crippen molar-refractivity contribution in [2.45, 2.75) is 373 Å². The number of carbonyl (C=O) groups excluding carboxylic acids is 2. The Morgan fingerprint density at radius 3 is 0.964 bits per heavy atom. The summed E-state index contributed by atoms with van der Waals surface area (Å²) in [7, 11) is 5.99. The van der Waals surface area contributed by atoms with Crippen LogP contribution in [0.3, 0.4) is 0 Å². The number of quaternary nitrogens is 1. The van der Waals surface area contributed by atoms with E-state index >= 15 is 0 Å². The lowest BCUT2D eigenvalue weighted by Crippen LogP contribution is -2.40. The van der Waals surface area contributed by atoms with E-state index in [-0.39, 0.29) is 38.2 Å². The van der Waals surface area contributed by atoms with E-state index in [1.54, 1.807) is 0 Å². The van der Waals surface area contributed by atoms with Gasteiger partial charge in [-0.2, -0.15) is 0 Å². The first-order valence-corrected chi connectivity index (χ1v) is 36.2. The molecule has 0 aromatic carbocycles. The molecular weight excluding hydrogens is 1030 g/mol. The zero-order valence-electron chi connectivity index (χ0n) is 55.9. The van der Waals surface area contributed by atoms with Gasteiger partial charge in [0.25, 0.3) is 6.29 Å². The van der Waals surface area contributed by atoms with Crippen LogP contribution in [0.1, 0.15) is 361 Å². The third-order valence-corrected chi connectivity index (χ3v) is 16.4. The zero-order valence-corrected chi connectivity index (χ0v) is 55.9. The molecular formula is C74H140NO8+. The minimum atomic E-state index is -1.51. The molecule has 0 bridgehead atoms. The lowest BCUT2D eigenvalue weighted by Gasteiger charge is -2.25. The molecule has 0 saturated carbocycles. The number of carboxylic acid groups (broad SMARTS) is 1. The number of hydrogen-bond donors (Lipinski definition) is 1. The Morgan fingerprint density at radius 1 is 0.361 bits per heavy atom. The highest BCUT2D eigenvalue weighted by Crippen LogP contribution is 2.19. The predicted octanol–water partition coefficient (Wildman–Crippen LogP) is 22.4. The van der Waals surface area contributed by atoms with Gasteiger partial charge < -0.3 is 28.5 Å². The van der Waals surface area contributed by atoms with Crippen molar-refractivity contribution < 1.29 is 42.9 Å². The fourth-order valence-corrected chi connectivity index (χ4v) is 10.8. The number of esters is 2. The Bertz CT molecular complexity index is 1450. The van der Waals surface area contributed by atoms with Crippen LogP contribution in [-0.4, -0.2) is 87.4 Å². The van der Waals surface area contributed by atoms with Crippen LogP contribution in [-0.2, 0) is 33.3 Å². The molecule has 0 aliphatic heterocycles. The van der Waals surface area contributed by atoms with Gasteiger partial charge in [0.1, 0.15) is 13.2 Å². The van der Waals surface area contributed by atoms with Gasteiger partial charge in [-0.05, 0) is 70.6 Å². The number of likely N-dealkylation sites (N-methyl/N-ethyl adjacent to an activating group) is 1. The highest BCUT2D eigenvalue weighted by atomic mass is 16.7. The molecule has 2 atom stereocenters. The topological polar surface area (TPSA) is 108 Å². The second-order valence-electron chi connectivity index (χ2n) is 25.9. The molecule has 488 valence electrons. The summed E-state index contributed by atoms with van der Waals surface area (Å²) in [4.78, 5) is 37.6. The van der Waals surface area contributed by atoms with Crippen molar-refractivity contribution >= 4 is 17.9 Å². The Labute approximate surface area is 515 Å². The van der Waals surface area contributed by atoms with Gasteiger partial charge in [-0.15, -0.1) is 0 Å². The maximum atomic E-state index is 13.0. The van der Waals surface area contributed by atoms with Gasteiger partial charge in [-0.25, -0.2) is 4.79 Å². The molecule has 1 N–H and O–H groups in total. The Balaban J connectivity index is 4.05. The van der Waals surface area contributed by atoms with Crippen LogP contribution in [0.5, 0.6) is 0 Å². The van der Waals surface area contributed by atoms with E-state index in [9.17, 15) is 19.5 Å². The van der Waals surface area contributed by atoms with E-state index in [0.29, 0.717) is 17.4 Å². The van der Waals surface area contributed by atoms with Crippen molar-refractivity contribution in [3.63, 3.8) is 0 Å². The third kappa shape index (κ3) is 66.9. The fourth-order valence-electron chi connectivity index (χ4n) is 10.8. The second kappa shape index (κ2) is 65.5. The molecule has 0 aromatic rings. The van der Waals surface area contributed by atoms with Crippen LogP contribution < -0.4 is 0 Å². The molecule has 0 rings (SSSR count). The average molecular weight is 1170 g/mol. The largest absolute Gasteiger partial charge is 0.477 e. The highest BCUT2D eigenvalue weighted by Gasteiger charge is 2.25. The number of nitrogens with zero attached hydrogens (tertiary/aromatic N) is 1. The number of carbonyl (C=O) groups is 3. The molecule has 9 heteroatoms. The van der Waals surface area contributed by atoms with E-state index in [1.807, 2.05) is 21.1 Å². The van der Waals surface area contributed by atoms with Gasteiger partial charge >= 0.3 is 17.9 Å². The number of aliphatic carboxylic acids is 1. The molecule has 0 aromatic heterocycles. The van der Waals surface area contributed by atoms with Gasteiger partial charge in [0.2, 0.25) is 0 Å². The number of hydrogen-bond acceptors (Lipinski definition) is 7. The average Bonchev–Trinajstić information content (AvgIpc) is 3.46. The number of ether oxygens (including phenoxy) is 4. The van der Waals surface area contributed by atoms with Crippen LogP contribution in [0, 0.1) is 0 Å². The summed E-state index contributed by atoms with van der Waals surface area (Å²) in [6, 6.07) is 0. The van der Waals surface area contributed by atoms with Crippen molar-refractivity contribution in [3.05, 3.63) is 36.5 Å². The fraction of sp³-hybridized carbons (Fsp3) is 0.878. The molecule has 0 saturated heterocycles. The van der Waals surface area contributed by atoms with E-state index in [0.717, 1.165) is 44.9 Å². The Kier molecular flexibility index (Phi) is 63.5. The normalized spacial score (nSPS) is 12.8. The van der Waals surface area contributed by atoms with E-state index in [1.165, 1.54) is 289 Å². The third-order valence-electron chi connectivity index (χ3n) is 16.4. The number of unbranched alkanes of at least 4 members (excludes halogenated alkanes) is 47. The van der Waals surface area contributed by atoms with Crippen molar-refractivity contribution in [3.8, 4) is 0 Å². The second-order valence-corrected chi connectivity index (χ2v) is 25.9. The lowest BCUT2D eigenvalue weighted by atomic mass is 10.0. The van der Waals surface area contributed by atoms with Gasteiger partial charge in [0.15, 0.2) is 6.10 Å². The quantitative estimate of drug-likeness (QED) is 0.0211. The molecule has 2 unspecified atom stereocenters. The van der Waals surface area contributed by atoms with Crippen molar-refractivity contribution in [1.82, 2.24) is 0 Å². The summed E-state index contributed by atoms with van der Waals surface area (Å²) in [5, 5.41) is 9.75. The minimum absolute atomic E-state index is 0.176. The molecule has 9 nitrogen and oxygen atoms in total. The summed E-state index contributed by atoms with van der Waals surface area (Å²) >= 11 is 0. The van der Waals surface area contributed by atoms with Gasteiger partial charge in [0.05, 0.1) is 34.4 Å². The number of rotatable bonds is 68. The van der Waals surface area contributed by atoms with E-state index < -0.39 is 18.4 Å². The first kappa shape index (κ1) is 80.5. The van der Waals surface area contributed by atoms with Gasteiger partial charge in [0, 0.05) is 12.8 Å². The van der Waals surface area contributed by atoms with Gasteiger partial charge in [-0.3, -0.25) is 9.59 Å². The van der Waals surface area contributed by atoms with Crippen LogP contribution in [0.4, 0.5) is 0 Å². The lowest BCUT2D eigenvalue weighted by molar-refractivity contribution is -0.870. The molecule has 0 fully saturated rings. The summed E-state index contributed by atoms with van der Waals surface area (Å²) in [5.74, 6) is -1.98. The Hall–Kier alpha value is -2.49. The SMILES string of the molecule is CCCCCCC/C=C\C/C=C\CCCCCCCCCCCCCCCCCCCCCC(=O)OC(COC(=O)CCCCCCCCCCCCCCCCC/C=C\CCCCCCCCCC)COC(OCC[N+](C)(C)C)C(=O)O. The zero-order chi connectivity index (χ0) is 60.5. The molecule has 0 amide bonds. The molecule has 0 spiro atoms. The molecule has 0 aliphatic carbocycles. The van der Waals surface area contributed by atoms with Gasteiger partial charge in [-0.1, -0.05) is 314 Å². The Morgan fingerprint density at radius 2 is 0.651 bits per heavy atom. The summed E-state index contributed by atoms with van der Waals surface area (Å²) in [6.45, 7) is 4.93. The standard InChI is InChI=1S/C74H139NO8/c1-6-8-10-12-14-16-18-20-22-24-26-28-30-32-34-35-36-37-39-41-43-45-47-49-51-53-55-57-59-61-63-65-72(77)83-70(69-82-74(73(78)79)80-67-66-75(3,4)5)68-81-71(76)64-62-60-58-56-54-52-50-48-46-44-42-40-38-33-31-29-27-25-23-21-19-17-15-13-11-9-7-2/h18,20,24-27,70,74H,6-17,19,21-23,28-69H2,1-5H3/p+1/b20-18-,26-24-,27-25-. The van der Waals surface area contributed by atoms with Crippen LogP contribution >= 0.6 is 0 Å². The first-order valence-electron chi connectivity index (χ1n) is 36.2. The van der Waals surface area contributed by atoms with Crippen molar-refractivity contribution in [1.29, 1.82) is 0 Å². The summed E-state index contributed by atoms with van der Waals surface area (Å²) < 4.78 is 23.0. The monoisotopic (exact) mass is 1170 g/mol. The van der Waals surface area contributed by atoms with Crippen molar-refractivity contribution in [2.24, 2.45) is 0 Å². The highest BCUT2D eigenvalue weighted by molar-refractivity contribution is 5.71. The van der Waals surface area contributed by atoms with Crippen LogP contribution in [0.2, 0.25) is 0 Å². The minimum Gasteiger partial charge on any atom is -0.477 e. The first-order chi connectivity index (χ1) is 40.6. The van der Waals surface area contributed by atoms with Crippen molar-refractivity contribution in [2.75, 3.05) is 47.5 Å². The molecule has 83 heavy (non-hydrogen) atoms. The summed E-state index contributed by atoms with van der Waals surface area (Å²) in [6.07, 6.45) is 79.8. The number of allylic oxidation sites excluding steroid dienone is 6.